The molecule has 29 heavy (non-hydrogen) atoms. The Morgan fingerprint density at radius 1 is 1.21 bits per heavy atom. The number of amides is 1. The van der Waals surface area contributed by atoms with Crippen molar-refractivity contribution in [3.05, 3.63) is 37.7 Å². The molecular weight excluding hydrogens is 412 g/mol. The number of hydrogen-bond acceptors (Lipinski definition) is 8. The summed E-state index contributed by atoms with van der Waals surface area (Å²) in [6.07, 6.45) is 3.39. The highest BCUT2D eigenvalue weighted by Crippen LogP contribution is 2.29. The number of esters is 1. The molecule has 0 bridgehead atoms. The molecule has 0 fully saturated rings. The number of thiophene rings is 1. The van der Waals surface area contributed by atoms with Crippen molar-refractivity contribution in [3.8, 4) is 0 Å². The van der Waals surface area contributed by atoms with Gasteiger partial charge in [0.05, 0.1) is 28.9 Å². The molecule has 0 aromatic carbocycles. The highest BCUT2D eigenvalue weighted by atomic mass is 32.1. The molecule has 1 N–H and O–H groups in total. The van der Waals surface area contributed by atoms with E-state index < -0.39 is 5.97 Å². The fourth-order valence-electron chi connectivity index (χ4n) is 2.85. The molecule has 0 saturated heterocycles. The van der Waals surface area contributed by atoms with Crippen molar-refractivity contribution in [2.75, 3.05) is 11.9 Å². The third kappa shape index (κ3) is 4.23. The summed E-state index contributed by atoms with van der Waals surface area (Å²) >= 11 is 2.24. The normalized spacial score (nSPS) is 11.0. The van der Waals surface area contributed by atoms with Crippen LogP contribution in [0.5, 0.6) is 0 Å². The van der Waals surface area contributed by atoms with Gasteiger partial charge in [-0.3, -0.25) is 19.5 Å². The minimum absolute atomic E-state index is 0.133. The summed E-state index contributed by atoms with van der Waals surface area (Å²) in [6, 6.07) is 0. The summed E-state index contributed by atoms with van der Waals surface area (Å²) < 4.78 is 6.58. The zero-order valence-corrected chi connectivity index (χ0v) is 18.3. The van der Waals surface area contributed by atoms with Crippen molar-refractivity contribution in [2.24, 2.45) is 0 Å². The maximum Gasteiger partial charge on any atom is 0.350 e. The van der Waals surface area contributed by atoms with Crippen LogP contribution in [0.25, 0.3) is 10.2 Å². The number of aromatic nitrogens is 3. The quantitative estimate of drug-likeness (QED) is 0.568. The lowest BCUT2D eigenvalue weighted by Gasteiger charge is -2.03. The fraction of sp³-hybridized carbons (Fsp3) is 0.421. The molecule has 0 aliphatic heterocycles. The third-order valence-electron chi connectivity index (χ3n) is 4.35. The molecule has 10 heteroatoms. The van der Waals surface area contributed by atoms with Crippen LogP contribution in [0.3, 0.4) is 0 Å². The lowest BCUT2D eigenvalue weighted by atomic mass is 10.2. The number of carbonyl (C=O) groups excluding carboxylic acids is 2. The van der Waals surface area contributed by atoms with Crippen LogP contribution in [0, 0.1) is 13.8 Å². The Balaban J connectivity index is 1.89. The number of anilines is 1. The fourth-order valence-corrected chi connectivity index (χ4v) is 4.74. The number of hydrogen-bond donors (Lipinski definition) is 1. The van der Waals surface area contributed by atoms with Crippen LogP contribution in [-0.4, -0.2) is 33.0 Å². The minimum atomic E-state index is -0.460. The first-order valence-corrected chi connectivity index (χ1v) is 10.9. The highest BCUT2D eigenvalue weighted by molar-refractivity contribution is 7.21. The Bertz CT molecular complexity index is 1130. The summed E-state index contributed by atoms with van der Waals surface area (Å²) in [6.45, 7) is 8.09. The second-order valence-electron chi connectivity index (χ2n) is 6.44. The molecule has 8 nitrogen and oxygen atoms in total. The molecule has 0 saturated carbocycles. The number of unbranched alkanes of at least 4 members (excludes halogenated alkanes) is 1. The highest BCUT2D eigenvalue weighted by Gasteiger charge is 2.22. The molecule has 0 aliphatic rings. The second-order valence-corrected chi connectivity index (χ2v) is 8.44. The van der Waals surface area contributed by atoms with Crippen LogP contribution >= 0.6 is 22.7 Å². The van der Waals surface area contributed by atoms with E-state index in [1.807, 2.05) is 0 Å². The summed E-state index contributed by atoms with van der Waals surface area (Å²) in [7, 11) is 0. The van der Waals surface area contributed by atoms with Crippen molar-refractivity contribution in [3.63, 3.8) is 0 Å². The van der Waals surface area contributed by atoms with Gasteiger partial charge >= 0.3 is 5.97 Å². The van der Waals surface area contributed by atoms with Gasteiger partial charge in [0.1, 0.15) is 9.71 Å². The predicted molar refractivity (Wildman–Crippen MR) is 114 cm³/mol. The molecule has 0 atom stereocenters. The number of aryl methyl sites for hydroxylation is 3. The zero-order chi connectivity index (χ0) is 21.1. The van der Waals surface area contributed by atoms with Crippen LogP contribution in [0.15, 0.2) is 11.1 Å². The first-order valence-electron chi connectivity index (χ1n) is 9.31. The SMILES string of the molecule is CCCCn1cnc2sc(C(=O)Nc3nc(C)c(C(=O)OCC)s3)c(C)c2c1=O. The topological polar surface area (TPSA) is 103 Å². The molecular formula is C19H22N4O4S2. The van der Waals surface area contributed by atoms with Crippen molar-refractivity contribution in [1.82, 2.24) is 14.5 Å². The molecule has 0 aliphatic carbocycles. The van der Waals surface area contributed by atoms with Gasteiger partial charge in [0.25, 0.3) is 11.5 Å². The number of nitrogens with zero attached hydrogens (tertiary/aromatic N) is 3. The predicted octanol–water partition coefficient (Wildman–Crippen LogP) is 3.76. The largest absolute Gasteiger partial charge is 0.462 e. The maximum absolute atomic E-state index is 12.8. The van der Waals surface area contributed by atoms with E-state index in [1.165, 1.54) is 17.7 Å². The van der Waals surface area contributed by atoms with E-state index in [0.717, 1.165) is 24.2 Å². The van der Waals surface area contributed by atoms with E-state index in [1.54, 1.807) is 25.3 Å². The van der Waals surface area contributed by atoms with Gasteiger partial charge in [0.2, 0.25) is 0 Å². The van der Waals surface area contributed by atoms with Gasteiger partial charge in [-0.2, -0.15) is 0 Å². The lowest BCUT2D eigenvalue weighted by molar-refractivity contribution is 0.0531. The van der Waals surface area contributed by atoms with Gasteiger partial charge in [0, 0.05) is 6.54 Å². The Morgan fingerprint density at radius 3 is 2.66 bits per heavy atom. The summed E-state index contributed by atoms with van der Waals surface area (Å²) in [5.74, 6) is -0.841. The molecule has 3 rings (SSSR count). The Morgan fingerprint density at radius 2 is 1.97 bits per heavy atom. The van der Waals surface area contributed by atoms with Crippen LogP contribution < -0.4 is 10.9 Å². The summed E-state index contributed by atoms with van der Waals surface area (Å²) in [4.78, 5) is 47.4. The van der Waals surface area contributed by atoms with Crippen molar-refractivity contribution in [1.29, 1.82) is 0 Å². The number of thiazole rings is 1. The average molecular weight is 435 g/mol. The van der Waals surface area contributed by atoms with E-state index >= 15 is 0 Å². The Hall–Kier alpha value is -2.59. The second kappa shape index (κ2) is 8.83. The first-order chi connectivity index (χ1) is 13.9. The number of fused-ring (bicyclic) bond motifs is 1. The Kier molecular flexibility index (Phi) is 6.43. The molecule has 0 unspecified atom stereocenters. The van der Waals surface area contributed by atoms with Gasteiger partial charge < -0.3 is 4.74 Å². The first kappa shape index (κ1) is 21.1. The molecule has 0 spiro atoms. The van der Waals surface area contributed by atoms with Crippen LogP contribution in [0.1, 0.15) is 57.3 Å². The molecule has 154 valence electrons. The molecule has 3 aromatic heterocycles. The van der Waals surface area contributed by atoms with E-state index in [0.29, 0.717) is 42.9 Å². The molecule has 1 amide bonds. The number of ether oxygens (including phenoxy) is 1. The molecule has 3 aromatic rings. The number of rotatable bonds is 7. The van der Waals surface area contributed by atoms with E-state index in [-0.39, 0.29) is 18.1 Å². The number of nitrogens with one attached hydrogen (secondary N) is 1. The summed E-state index contributed by atoms with van der Waals surface area (Å²) in [5, 5.41) is 3.50. The average Bonchev–Trinajstić information content (AvgIpc) is 3.21. The van der Waals surface area contributed by atoms with Crippen LogP contribution in [0.4, 0.5) is 5.13 Å². The van der Waals surface area contributed by atoms with Gasteiger partial charge in [0.15, 0.2) is 5.13 Å². The van der Waals surface area contributed by atoms with Crippen LogP contribution in [0.2, 0.25) is 0 Å². The smallest absolute Gasteiger partial charge is 0.350 e. The van der Waals surface area contributed by atoms with Gasteiger partial charge in [-0.1, -0.05) is 24.7 Å². The van der Waals surface area contributed by atoms with E-state index in [2.05, 4.69) is 22.2 Å². The number of carbonyl (C=O) groups is 2. The van der Waals surface area contributed by atoms with Crippen molar-refractivity contribution < 1.29 is 14.3 Å². The van der Waals surface area contributed by atoms with Gasteiger partial charge in [-0.25, -0.2) is 14.8 Å². The zero-order valence-electron chi connectivity index (χ0n) is 16.7. The van der Waals surface area contributed by atoms with E-state index in [4.69, 9.17) is 4.74 Å². The minimum Gasteiger partial charge on any atom is -0.462 e. The lowest BCUT2D eigenvalue weighted by Crippen LogP contribution is -2.20. The van der Waals surface area contributed by atoms with E-state index in [9.17, 15) is 14.4 Å². The van der Waals surface area contributed by atoms with Crippen LogP contribution in [-0.2, 0) is 11.3 Å². The third-order valence-corrected chi connectivity index (χ3v) is 6.61. The van der Waals surface area contributed by atoms with Crippen molar-refractivity contribution >= 4 is 49.9 Å². The molecule has 3 heterocycles. The molecule has 0 radical (unpaired) electrons. The maximum atomic E-state index is 12.8. The standard InChI is InChI=1S/C19H22N4O4S2/c1-5-7-8-23-9-20-16-12(17(23)25)10(3)13(28-16)15(24)22-19-21-11(4)14(29-19)18(26)27-6-2/h9H,5-8H2,1-4H3,(H,21,22,24). The van der Waals surface area contributed by atoms with Gasteiger partial charge in [-0.05, 0) is 32.8 Å². The van der Waals surface area contributed by atoms with Crippen molar-refractivity contribution in [2.45, 2.75) is 47.1 Å². The Labute approximate surface area is 175 Å². The monoisotopic (exact) mass is 434 g/mol. The summed E-state index contributed by atoms with van der Waals surface area (Å²) in [5.41, 5.74) is 0.966. The van der Waals surface area contributed by atoms with Gasteiger partial charge in [-0.15, -0.1) is 11.3 Å².